The number of esters is 2. The number of carbonyl (C=O) groups is 2. The van der Waals surface area contributed by atoms with Crippen molar-refractivity contribution in [2.75, 3.05) is 47.5 Å². The average Bonchev–Trinajstić information content (AvgIpc) is 3.10. The summed E-state index contributed by atoms with van der Waals surface area (Å²) in [6, 6.07) is 0. The largest absolute Gasteiger partial charge is 0.756 e. The normalized spacial score (nSPS) is 13.8. The van der Waals surface area contributed by atoms with Crippen molar-refractivity contribution in [1.82, 2.24) is 0 Å². The Bertz CT molecular complexity index is 964. The first-order valence-corrected chi connectivity index (χ1v) is 23.0. The van der Waals surface area contributed by atoms with Gasteiger partial charge in [0, 0.05) is 12.8 Å². The summed E-state index contributed by atoms with van der Waals surface area (Å²) in [5.74, 6) is -0.867. The van der Waals surface area contributed by atoms with E-state index in [-0.39, 0.29) is 26.1 Å². The third kappa shape index (κ3) is 40.0. The third-order valence-corrected chi connectivity index (χ3v) is 10.2. The van der Waals surface area contributed by atoms with E-state index in [1.807, 2.05) is 21.1 Å². The van der Waals surface area contributed by atoms with Crippen molar-refractivity contribution in [3.05, 3.63) is 24.3 Å². The molecular formula is C43H82NO8P. The molecule has 312 valence electrons. The summed E-state index contributed by atoms with van der Waals surface area (Å²) in [4.78, 5) is 37.4. The van der Waals surface area contributed by atoms with Crippen LogP contribution in [0.3, 0.4) is 0 Å². The van der Waals surface area contributed by atoms with Crippen LogP contribution in [0.1, 0.15) is 187 Å². The molecule has 0 aromatic rings. The van der Waals surface area contributed by atoms with Gasteiger partial charge >= 0.3 is 11.9 Å². The van der Waals surface area contributed by atoms with Gasteiger partial charge in [0.05, 0.1) is 27.7 Å². The maximum Gasteiger partial charge on any atom is 0.306 e. The summed E-state index contributed by atoms with van der Waals surface area (Å²) in [7, 11) is 1.15. The molecule has 0 fully saturated rings. The van der Waals surface area contributed by atoms with E-state index in [1.54, 1.807) is 0 Å². The van der Waals surface area contributed by atoms with Crippen molar-refractivity contribution in [3.8, 4) is 0 Å². The van der Waals surface area contributed by atoms with E-state index in [0.29, 0.717) is 17.4 Å². The van der Waals surface area contributed by atoms with Gasteiger partial charge in [0.2, 0.25) is 0 Å². The first kappa shape index (κ1) is 51.5. The molecule has 0 bridgehead atoms. The molecule has 0 aliphatic heterocycles. The Balaban J connectivity index is 4.41. The topological polar surface area (TPSA) is 111 Å². The van der Waals surface area contributed by atoms with Gasteiger partial charge < -0.3 is 27.9 Å². The second-order valence-corrected chi connectivity index (χ2v) is 17.1. The molecule has 0 aliphatic rings. The van der Waals surface area contributed by atoms with Gasteiger partial charge in [0.25, 0.3) is 7.82 Å². The van der Waals surface area contributed by atoms with Crippen LogP contribution in [0, 0.1) is 0 Å². The van der Waals surface area contributed by atoms with Crippen LogP contribution in [-0.4, -0.2) is 70.0 Å². The molecule has 0 N–H and O–H groups in total. The molecule has 53 heavy (non-hydrogen) atoms. The highest BCUT2D eigenvalue weighted by molar-refractivity contribution is 7.45. The minimum atomic E-state index is -4.63. The van der Waals surface area contributed by atoms with Gasteiger partial charge in [-0.15, -0.1) is 0 Å². The first-order valence-electron chi connectivity index (χ1n) is 21.5. The van der Waals surface area contributed by atoms with E-state index in [1.165, 1.54) is 96.3 Å². The molecule has 0 amide bonds. The van der Waals surface area contributed by atoms with Gasteiger partial charge in [0.15, 0.2) is 6.10 Å². The molecule has 0 saturated heterocycles. The van der Waals surface area contributed by atoms with Gasteiger partial charge in [0.1, 0.15) is 19.8 Å². The molecule has 0 aromatic carbocycles. The highest BCUT2D eigenvalue weighted by atomic mass is 31.2. The zero-order valence-electron chi connectivity index (χ0n) is 35.0. The molecule has 0 rings (SSSR count). The number of phosphoric ester groups is 1. The molecule has 0 saturated carbocycles. The van der Waals surface area contributed by atoms with E-state index in [9.17, 15) is 19.0 Å². The number of hydrogen-bond donors (Lipinski definition) is 0. The van der Waals surface area contributed by atoms with Crippen LogP contribution in [0.15, 0.2) is 24.3 Å². The molecule has 2 atom stereocenters. The van der Waals surface area contributed by atoms with Crippen LogP contribution in [0.5, 0.6) is 0 Å². The van der Waals surface area contributed by atoms with Gasteiger partial charge in [-0.25, -0.2) is 0 Å². The van der Waals surface area contributed by atoms with Crippen molar-refractivity contribution in [2.24, 2.45) is 0 Å². The average molecular weight is 772 g/mol. The second-order valence-electron chi connectivity index (χ2n) is 15.7. The van der Waals surface area contributed by atoms with E-state index < -0.39 is 32.5 Å². The number of allylic oxidation sites excluding steroid dienone is 4. The maximum absolute atomic E-state index is 12.6. The summed E-state index contributed by atoms with van der Waals surface area (Å²) in [6.45, 7) is 4.19. The standard InChI is InChI=1S/C43H82NO8P/c1-6-8-10-12-14-16-18-20-22-24-26-28-30-32-34-36-43(46)52-41(40-51-53(47,48)50-38-37-44(3,4)5)39-49-42(45)35-33-31-29-27-25-23-21-19-17-15-13-11-9-7-2/h19,21,26,28,41H,6-18,20,22-25,27,29-40H2,1-5H3/b21-19+,28-26+/t41-/m1/s1. The lowest BCUT2D eigenvalue weighted by Gasteiger charge is -2.28. The fraction of sp³-hybridized carbons (Fsp3) is 0.860. The van der Waals surface area contributed by atoms with Gasteiger partial charge in [-0.1, -0.05) is 134 Å². The zero-order chi connectivity index (χ0) is 39.3. The number of quaternary nitrogens is 1. The summed E-state index contributed by atoms with van der Waals surface area (Å²) < 4.78 is 33.8. The predicted molar refractivity (Wildman–Crippen MR) is 218 cm³/mol. The van der Waals surface area contributed by atoms with Crippen molar-refractivity contribution in [2.45, 2.75) is 193 Å². The predicted octanol–water partition coefficient (Wildman–Crippen LogP) is 11.3. The Hall–Kier alpha value is -1.51. The van der Waals surface area contributed by atoms with Crippen LogP contribution in [0.2, 0.25) is 0 Å². The van der Waals surface area contributed by atoms with Crippen molar-refractivity contribution in [3.63, 3.8) is 0 Å². The Morgan fingerprint density at radius 3 is 1.43 bits per heavy atom. The number of carbonyl (C=O) groups excluding carboxylic acids is 2. The fourth-order valence-corrected chi connectivity index (χ4v) is 6.49. The fourth-order valence-electron chi connectivity index (χ4n) is 5.76. The molecule has 0 radical (unpaired) electrons. The van der Waals surface area contributed by atoms with E-state index in [2.05, 4.69) is 38.2 Å². The second kappa shape index (κ2) is 36.1. The minimum Gasteiger partial charge on any atom is -0.756 e. The lowest BCUT2D eigenvalue weighted by molar-refractivity contribution is -0.870. The maximum atomic E-state index is 12.6. The number of unbranched alkanes of at least 4 members (excludes halogenated alkanes) is 21. The number of phosphoric acid groups is 1. The molecular weight excluding hydrogens is 689 g/mol. The zero-order valence-corrected chi connectivity index (χ0v) is 35.9. The van der Waals surface area contributed by atoms with Crippen LogP contribution < -0.4 is 4.89 Å². The quantitative estimate of drug-likeness (QED) is 0.0200. The Morgan fingerprint density at radius 1 is 0.566 bits per heavy atom. The minimum absolute atomic E-state index is 0.0345. The highest BCUT2D eigenvalue weighted by Gasteiger charge is 2.21. The van der Waals surface area contributed by atoms with Crippen LogP contribution in [0.25, 0.3) is 0 Å². The monoisotopic (exact) mass is 772 g/mol. The van der Waals surface area contributed by atoms with Crippen molar-refractivity contribution >= 4 is 19.8 Å². The SMILES string of the molecule is CCCCCCC/C=C/CCCCCCCC(=O)OC[C@H](COP(=O)([O-])OCC[N+](C)(C)C)OC(=O)CCCC/C=C/CCCCCCCCCCC. The lowest BCUT2D eigenvalue weighted by atomic mass is 10.1. The molecule has 9 nitrogen and oxygen atoms in total. The Labute approximate surface area is 326 Å². The third-order valence-electron chi connectivity index (χ3n) is 9.19. The number of ether oxygens (including phenoxy) is 2. The van der Waals surface area contributed by atoms with Crippen LogP contribution >= 0.6 is 7.82 Å². The molecule has 0 aromatic heterocycles. The molecule has 0 aliphatic carbocycles. The van der Waals surface area contributed by atoms with Crippen molar-refractivity contribution in [1.29, 1.82) is 0 Å². The Kier molecular flexibility index (Phi) is 35.1. The molecule has 0 spiro atoms. The Morgan fingerprint density at radius 2 is 0.962 bits per heavy atom. The van der Waals surface area contributed by atoms with E-state index in [4.69, 9.17) is 18.5 Å². The van der Waals surface area contributed by atoms with Gasteiger partial charge in [-0.05, 0) is 64.2 Å². The lowest BCUT2D eigenvalue weighted by Crippen LogP contribution is -2.37. The number of likely N-dealkylation sites (N-methyl/N-ethyl adjacent to an activating group) is 1. The van der Waals surface area contributed by atoms with E-state index >= 15 is 0 Å². The number of rotatable bonds is 39. The highest BCUT2D eigenvalue weighted by Crippen LogP contribution is 2.38. The summed E-state index contributed by atoms with van der Waals surface area (Å²) in [5, 5.41) is 0. The smallest absolute Gasteiger partial charge is 0.306 e. The number of hydrogen-bond acceptors (Lipinski definition) is 8. The van der Waals surface area contributed by atoms with Crippen LogP contribution in [-0.2, 0) is 32.7 Å². The van der Waals surface area contributed by atoms with Crippen molar-refractivity contribution < 1.29 is 42.1 Å². The van der Waals surface area contributed by atoms with Gasteiger partial charge in [-0.2, -0.15) is 0 Å². The van der Waals surface area contributed by atoms with Gasteiger partial charge in [-0.3, -0.25) is 14.2 Å². The summed E-state index contributed by atoms with van der Waals surface area (Å²) in [5.41, 5.74) is 0. The summed E-state index contributed by atoms with van der Waals surface area (Å²) >= 11 is 0. The first-order chi connectivity index (χ1) is 25.5. The number of nitrogens with zero attached hydrogens (tertiary/aromatic N) is 1. The summed E-state index contributed by atoms with van der Waals surface area (Å²) in [6.07, 6.45) is 37.7. The van der Waals surface area contributed by atoms with Crippen LogP contribution in [0.4, 0.5) is 0 Å². The molecule has 1 unspecified atom stereocenters. The molecule has 10 heteroatoms. The molecule has 0 heterocycles. The van der Waals surface area contributed by atoms with E-state index in [0.717, 1.165) is 57.8 Å².